The van der Waals surface area contributed by atoms with Gasteiger partial charge in [-0.3, -0.25) is 0 Å². The SMILES string of the molecule is CN(C)c1ccc(/C=N/N=C/c2ccc(OCCO)cc2)cc1. The van der Waals surface area contributed by atoms with Crippen molar-refractivity contribution in [1.29, 1.82) is 0 Å². The number of aliphatic hydroxyl groups excluding tert-OH is 1. The van der Waals surface area contributed by atoms with Crippen LogP contribution in [0.4, 0.5) is 5.69 Å². The summed E-state index contributed by atoms with van der Waals surface area (Å²) in [6.07, 6.45) is 3.40. The molecular formula is C18H21N3O2. The zero-order valence-electron chi connectivity index (χ0n) is 13.4. The Labute approximate surface area is 136 Å². The number of aliphatic hydroxyl groups is 1. The van der Waals surface area contributed by atoms with Crippen LogP contribution < -0.4 is 9.64 Å². The number of ether oxygens (including phenoxy) is 1. The molecular weight excluding hydrogens is 290 g/mol. The predicted molar refractivity (Wildman–Crippen MR) is 95.0 cm³/mol. The van der Waals surface area contributed by atoms with Gasteiger partial charge in [0, 0.05) is 19.8 Å². The Morgan fingerprint density at radius 2 is 1.43 bits per heavy atom. The minimum absolute atomic E-state index is 0.00739. The van der Waals surface area contributed by atoms with E-state index in [4.69, 9.17) is 9.84 Å². The molecule has 0 saturated heterocycles. The number of hydrogen-bond donors (Lipinski definition) is 1. The minimum atomic E-state index is 0.00739. The molecule has 0 aliphatic heterocycles. The zero-order chi connectivity index (χ0) is 16.5. The predicted octanol–water partition coefficient (Wildman–Crippen LogP) is 2.58. The summed E-state index contributed by atoms with van der Waals surface area (Å²) >= 11 is 0. The molecule has 0 aromatic heterocycles. The van der Waals surface area contributed by atoms with E-state index in [0.29, 0.717) is 6.61 Å². The fourth-order valence-corrected chi connectivity index (χ4v) is 1.87. The lowest BCUT2D eigenvalue weighted by molar-refractivity contribution is 0.201. The topological polar surface area (TPSA) is 57.4 Å². The van der Waals surface area contributed by atoms with Crippen molar-refractivity contribution in [1.82, 2.24) is 0 Å². The van der Waals surface area contributed by atoms with Gasteiger partial charge in [-0.1, -0.05) is 12.1 Å². The van der Waals surface area contributed by atoms with Crippen LogP contribution in [0.25, 0.3) is 0 Å². The first-order valence-electron chi connectivity index (χ1n) is 7.36. The summed E-state index contributed by atoms with van der Waals surface area (Å²) < 4.78 is 5.29. The van der Waals surface area contributed by atoms with Gasteiger partial charge < -0.3 is 14.7 Å². The molecule has 0 fully saturated rings. The van der Waals surface area contributed by atoms with Crippen molar-refractivity contribution in [3.8, 4) is 5.75 Å². The Hall–Kier alpha value is -2.66. The van der Waals surface area contributed by atoms with Crippen LogP contribution in [0.5, 0.6) is 5.75 Å². The van der Waals surface area contributed by atoms with Crippen molar-refractivity contribution in [2.45, 2.75) is 0 Å². The van der Waals surface area contributed by atoms with E-state index in [1.165, 1.54) is 0 Å². The number of hydrogen-bond acceptors (Lipinski definition) is 5. The van der Waals surface area contributed by atoms with E-state index in [1.807, 2.05) is 67.5 Å². The summed E-state index contributed by atoms with van der Waals surface area (Å²) in [4.78, 5) is 2.05. The van der Waals surface area contributed by atoms with Crippen LogP contribution in [0.1, 0.15) is 11.1 Å². The minimum Gasteiger partial charge on any atom is -0.491 e. The average molecular weight is 311 g/mol. The van der Waals surface area contributed by atoms with Gasteiger partial charge in [-0.15, -0.1) is 0 Å². The quantitative estimate of drug-likeness (QED) is 0.631. The van der Waals surface area contributed by atoms with Gasteiger partial charge in [-0.25, -0.2) is 0 Å². The largest absolute Gasteiger partial charge is 0.491 e. The standard InChI is InChI=1S/C18H21N3O2/c1-21(2)17-7-3-15(4-8-17)13-19-20-14-16-5-9-18(10-6-16)23-12-11-22/h3-10,13-14,22H,11-12H2,1-2H3/b19-13+,20-14+. The van der Waals surface area contributed by atoms with Crippen LogP contribution in [-0.2, 0) is 0 Å². The summed E-state index contributed by atoms with van der Waals surface area (Å²) in [6.45, 7) is 0.303. The molecule has 5 heteroatoms. The molecule has 0 heterocycles. The Kier molecular flexibility index (Phi) is 6.32. The molecule has 0 radical (unpaired) electrons. The van der Waals surface area contributed by atoms with Crippen molar-refractivity contribution in [3.05, 3.63) is 59.7 Å². The van der Waals surface area contributed by atoms with Gasteiger partial charge in [0.2, 0.25) is 0 Å². The summed E-state index contributed by atoms with van der Waals surface area (Å²) in [5.41, 5.74) is 3.08. The van der Waals surface area contributed by atoms with E-state index in [1.54, 1.807) is 12.4 Å². The molecule has 0 unspecified atom stereocenters. The summed E-state index contributed by atoms with van der Waals surface area (Å²) in [7, 11) is 4.01. The molecule has 0 bridgehead atoms. The number of nitrogens with zero attached hydrogens (tertiary/aromatic N) is 3. The lowest BCUT2D eigenvalue weighted by atomic mass is 10.2. The maximum Gasteiger partial charge on any atom is 0.119 e. The third kappa shape index (κ3) is 5.56. The van der Waals surface area contributed by atoms with Crippen molar-refractivity contribution in [2.75, 3.05) is 32.2 Å². The van der Waals surface area contributed by atoms with Crippen molar-refractivity contribution in [3.63, 3.8) is 0 Å². The van der Waals surface area contributed by atoms with E-state index < -0.39 is 0 Å². The van der Waals surface area contributed by atoms with Crippen LogP contribution in [0, 0.1) is 0 Å². The highest BCUT2D eigenvalue weighted by atomic mass is 16.5. The highest BCUT2D eigenvalue weighted by molar-refractivity contribution is 5.83. The van der Waals surface area contributed by atoms with Crippen LogP contribution in [0.15, 0.2) is 58.7 Å². The molecule has 0 spiro atoms. The van der Waals surface area contributed by atoms with Crippen LogP contribution in [0.2, 0.25) is 0 Å². The number of anilines is 1. The van der Waals surface area contributed by atoms with Crippen LogP contribution in [0.3, 0.4) is 0 Å². The fourth-order valence-electron chi connectivity index (χ4n) is 1.87. The van der Waals surface area contributed by atoms with Gasteiger partial charge >= 0.3 is 0 Å². The number of benzene rings is 2. The molecule has 0 amide bonds. The Morgan fingerprint density at radius 1 is 0.913 bits per heavy atom. The third-order valence-corrected chi connectivity index (χ3v) is 3.13. The normalized spacial score (nSPS) is 11.3. The summed E-state index contributed by atoms with van der Waals surface area (Å²) in [6, 6.07) is 15.5. The van der Waals surface area contributed by atoms with E-state index in [0.717, 1.165) is 22.6 Å². The highest BCUT2D eigenvalue weighted by Crippen LogP contribution is 2.12. The van der Waals surface area contributed by atoms with Gasteiger partial charge in [-0.2, -0.15) is 10.2 Å². The molecule has 120 valence electrons. The van der Waals surface area contributed by atoms with Gasteiger partial charge in [0.15, 0.2) is 0 Å². The first kappa shape index (κ1) is 16.7. The molecule has 0 atom stereocenters. The average Bonchev–Trinajstić information content (AvgIpc) is 2.58. The van der Waals surface area contributed by atoms with Gasteiger partial charge in [0.05, 0.1) is 19.0 Å². The molecule has 0 saturated carbocycles. The van der Waals surface area contributed by atoms with Gasteiger partial charge in [0.25, 0.3) is 0 Å². The smallest absolute Gasteiger partial charge is 0.119 e. The van der Waals surface area contributed by atoms with E-state index in [-0.39, 0.29) is 6.61 Å². The molecule has 2 rings (SSSR count). The Bertz CT molecular complexity index is 647. The monoisotopic (exact) mass is 311 g/mol. The van der Waals surface area contributed by atoms with Crippen molar-refractivity contribution in [2.24, 2.45) is 10.2 Å². The van der Waals surface area contributed by atoms with E-state index >= 15 is 0 Å². The third-order valence-electron chi connectivity index (χ3n) is 3.13. The van der Waals surface area contributed by atoms with Crippen molar-refractivity contribution < 1.29 is 9.84 Å². The molecule has 2 aromatic rings. The maximum atomic E-state index is 8.70. The first-order chi connectivity index (χ1) is 11.2. The molecule has 23 heavy (non-hydrogen) atoms. The Balaban J connectivity index is 1.90. The number of rotatable bonds is 7. The first-order valence-corrected chi connectivity index (χ1v) is 7.36. The highest BCUT2D eigenvalue weighted by Gasteiger charge is 1.94. The van der Waals surface area contributed by atoms with Crippen LogP contribution >= 0.6 is 0 Å². The molecule has 0 aliphatic rings. The second-order valence-electron chi connectivity index (χ2n) is 5.12. The fraction of sp³-hybridized carbons (Fsp3) is 0.222. The molecule has 2 aromatic carbocycles. The molecule has 5 nitrogen and oxygen atoms in total. The van der Waals surface area contributed by atoms with Crippen LogP contribution in [-0.4, -0.2) is 44.8 Å². The maximum absolute atomic E-state index is 8.70. The summed E-state index contributed by atoms with van der Waals surface area (Å²) in [5.74, 6) is 0.723. The molecule has 0 aliphatic carbocycles. The lowest BCUT2D eigenvalue weighted by Crippen LogP contribution is -2.08. The Morgan fingerprint density at radius 3 is 1.91 bits per heavy atom. The van der Waals surface area contributed by atoms with E-state index in [9.17, 15) is 0 Å². The molecule has 1 N–H and O–H groups in total. The second kappa shape index (κ2) is 8.70. The summed E-state index contributed by atoms with van der Waals surface area (Å²) in [5, 5.41) is 16.8. The lowest BCUT2D eigenvalue weighted by Gasteiger charge is -2.11. The van der Waals surface area contributed by atoms with E-state index in [2.05, 4.69) is 10.2 Å². The van der Waals surface area contributed by atoms with Crippen molar-refractivity contribution >= 4 is 18.1 Å². The van der Waals surface area contributed by atoms with Gasteiger partial charge in [-0.05, 0) is 47.5 Å². The van der Waals surface area contributed by atoms with Gasteiger partial charge in [0.1, 0.15) is 12.4 Å². The second-order valence-corrected chi connectivity index (χ2v) is 5.12. The zero-order valence-corrected chi connectivity index (χ0v) is 13.4.